The van der Waals surface area contributed by atoms with Crippen molar-refractivity contribution in [1.29, 1.82) is 0 Å². The lowest BCUT2D eigenvalue weighted by atomic mass is 10.1. The zero-order chi connectivity index (χ0) is 49.2. The number of hydrogen-bond donors (Lipinski definition) is 4. The van der Waals surface area contributed by atoms with Crippen LogP contribution in [0.5, 0.6) is 11.5 Å². The van der Waals surface area contributed by atoms with Crippen LogP contribution in [0, 0.1) is 13.8 Å². The summed E-state index contributed by atoms with van der Waals surface area (Å²) in [5.74, 6) is -2.13. The number of ether oxygens (including phenoxy) is 2. The number of benzene rings is 2. The van der Waals surface area contributed by atoms with E-state index >= 15 is 0 Å². The van der Waals surface area contributed by atoms with Gasteiger partial charge in [-0.05, 0) is 63.6 Å². The van der Waals surface area contributed by atoms with E-state index in [4.69, 9.17) is 25.5 Å². The van der Waals surface area contributed by atoms with Gasteiger partial charge in [0.25, 0.3) is 11.8 Å². The number of methoxy groups -OCH3 is 1. The standard InChI is InChI=1S/C45H51N13O10/c1-7-58-33(20-26(2)52-58)43(65)51-45-48-30-22-28(40(46)62)24-34(66-6)38(30)56(45)15-8-9-16-57-39-31(49-44(57)50-42(64)32-21-27(3)68-53-32)23-29(41(47)63)25-35(39)67-19-11-14-54(4)37(61)13-17-55(5)36(60)12-10-18-59/h8-10,12,18,20-25H,7,11,13-17,19H2,1-6H3,(H2,46,62)(H2,47,63)(H,48,51,65)(H,49,50,64)/b9-8+,12-10-. The number of aldehydes is 1. The van der Waals surface area contributed by atoms with Crippen LogP contribution < -0.4 is 31.6 Å². The SMILES string of the molecule is CCn1nc(C)cc1C(=O)Nc1nc2cc(C(N)=O)cc(OC)c2n1C/C=C/Cn1c(NC(=O)c2cc(C)on2)nc2cc(C(N)=O)cc(OCCCN(C)C(=O)CCN(C)C(=O)/C=C\C=O)c21. The van der Waals surface area contributed by atoms with Crippen LogP contribution in [0.15, 0.2) is 65.2 Å². The Morgan fingerprint density at radius 2 is 1.41 bits per heavy atom. The predicted molar refractivity (Wildman–Crippen MR) is 247 cm³/mol. The Morgan fingerprint density at radius 1 is 0.809 bits per heavy atom. The third-order valence-corrected chi connectivity index (χ3v) is 10.6. The van der Waals surface area contributed by atoms with Crippen molar-refractivity contribution in [2.75, 3.05) is 51.5 Å². The number of imidazole rings is 2. The maximum absolute atomic E-state index is 13.7. The van der Waals surface area contributed by atoms with Gasteiger partial charge in [0.2, 0.25) is 35.5 Å². The van der Waals surface area contributed by atoms with Crippen molar-refractivity contribution in [3.63, 3.8) is 0 Å². The molecule has 0 bridgehead atoms. The minimum atomic E-state index is -0.756. The summed E-state index contributed by atoms with van der Waals surface area (Å²) in [5, 5.41) is 13.9. The minimum Gasteiger partial charge on any atom is -0.494 e. The summed E-state index contributed by atoms with van der Waals surface area (Å²) in [4.78, 5) is 99.6. The van der Waals surface area contributed by atoms with Gasteiger partial charge in [-0.1, -0.05) is 17.3 Å². The molecule has 0 radical (unpaired) electrons. The van der Waals surface area contributed by atoms with Gasteiger partial charge in [-0.25, -0.2) is 9.97 Å². The average Bonchev–Trinajstić information content (AvgIpc) is 4.10. The molecule has 68 heavy (non-hydrogen) atoms. The number of rotatable bonds is 22. The van der Waals surface area contributed by atoms with E-state index in [9.17, 15) is 33.6 Å². The molecule has 6 N–H and O–H groups in total. The van der Waals surface area contributed by atoms with Crippen LogP contribution in [0.1, 0.15) is 72.9 Å². The molecule has 0 spiro atoms. The van der Waals surface area contributed by atoms with Gasteiger partial charge in [-0.3, -0.25) is 48.9 Å². The largest absolute Gasteiger partial charge is 0.494 e. The highest BCUT2D eigenvalue weighted by atomic mass is 16.5. The van der Waals surface area contributed by atoms with Gasteiger partial charge in [-0.2, -0.15) is 5.10 Å². The number of anilines is 2. The van der Waals surface area contributed by atoms with Crippen LogP contribution in [-0.4, -0.2) is 126 Å². The second-order valence-corrected chi connectivity index (χ2v) is 15.4. The zero-order valence-electron chi connectivity index (χ0n) is 38.3. The molecule has 6 amide bonds. The van der Waals surface area contributed by atoms with E-state index in [2.05, 4.69) is 30.9 Å². The number of nitrogens with one attached hydrogen (secondary N) is 2. The number of nitrogens with zero attached hydrogens (tertiary/aromatic N) is 9. The monoisotopic (exact) mass is 933 g/mol. The molecule has 0 aliphatic heterocycles. The third kappa shape index (κ3) is 11.2. The lowest BCUT2D eigenvalue weighted by Gasteiger charge is -2.20. The van der Waals surface area contributed by atoms with Crippen molar-refractivity contribution in [1.82, 2.24) is 43.8 Å². The maximum Gasteiger partial charge on any atom is 0.280 e. The van der Waals surface area contributed by atoms with Crippen LogP contribution in [0.25, 0.3) is 22.1 Å². The van der Waals surface area contributed by atoms with Gasteiger partial charge in [0.15, 0.2) is 5.69 Å². The summed E-state index contributed by atoms with van der Waals surface area (Å²) in [7, 11) is 4.58. The van der Waals surface area contributed by atoms with E-state index in [-0.39, 0.29) is 90.8 Å². The number of carbonyl (C=O) groups excluding carboxylic acids is 7. The van der Waals surface area contributed by atoms with Crippen molar-refractivity contribution >= 4 is 75.7 Å². The molecule has 6 rings (SSSR count). The van der Waals surface area contributed by atoms with E-state index in [0.29, 0.717) is 52.9 Å². The predicted octanol–water partition coefficient (Wildman–Crippen LogP) is 3.01. The number of primary amides is 2. The van der Waals surface area contributed by atoms with Gasteiger partial charge in [-0.15, -0.1) is 0 Å². The highest BCUT2D eigenvalue weighted by Gasteiger charge is 2.24. The van der Waals surface area contributed by atoms with E-state index in [1.165, 1.54) is 54.3 Å². The second-order valence-electron chi connectivity index (χ2n) is 15.4. The van der Waals surface area contributed by atoms with Crippen molar-refractivity contribution in [2.24, 2.45) is 11.5 Å². The highest BCUT2D eigenvalue weighted by Crippen LogP contribution is 2.33. The molecule has 0 aliphatic carbocycles. The fraction of sp³-hybridized carbons (Fsp3) is 0.311. The summed E-state index contributed by atoms with van der Waals surface area (Å²) in [6.45, 7) is 6.37. The van der Waals surface area contributed by atoms with Gasteiger partial charge in [0, 0.05) is 76.5 Å². The molecule has 356 valence electrons. The molecular formula is C45H51N13O10. The Kier molecular flexibility index (Phi) is 15.5. The van der Waals surface area contributed by atoms with Crippen LogP contribution in [0.2, 0.25) is 0 Å². The molecule has 23 heteroatoms. The summed E-state index contributed by atoms with van der Waals surface area (Å²) < 4.78 is 22.0. The Balaban J connectivity index is 1.30. The first kappa shape index (κ1) is 48.8. The molecule has 0 atom stereocenters. The van der Waals surface area contributed by atoms with Crippen molar-refractivity contribution in [3.05, 3.63) is 94.7 Å². The maximum atomic E-state index is 13.7. The Morgan fingerprint density at radius 3 is 1.97 bits per heavy atom. The number of allylic oxidation sites excluding steroid dienone is 3. The molecular weight excluding hydrogens is 883 g/mol. The number of fused-ring (bicyclic) bond motifs is 2. The Bertz CT molecular complexity index is 2980. The van der Waals surface area contributed by atoms with Gasteiger partial charge in [0.1, 0.15) is 40.3 Å². The number of likely N-dealkylation sites (N-methyl/N-ethyl adjacent to an activating group) is 1. The number of carbonyl (C=O) groups is 7. The van der Waals surface area contributed by atoms with E-state index in [1.54, 1.807) is 52.9 Å². The van der Waals surface area contributed by atoms with Gasteiger partial charge >= 0.3 is 0 Å². The number of amides is 6. The van der Waals surface area contributed by atoms with Gasteiger partial charge < -0.3 is 44.4 Å². The third-order valence-electron chi connectivity index (χ3n) is 10.6. The number of nitrogens with two attached hydrogens (primary N) is 2. The molecule has 4 heterocycles. The van der Waals surface area contributed by atoms with Crippen molar-refractivity contribution < 1.29 is 47.6 Å². The average molecular weight is 934 g/mol. The van der Waals surface area contributed by atoms with E-state index in [0.717, 1.165) is 12.2 Å². The molecule has 0 saturated carbocycles. The molecule has 2 aromatic carbocycles. The summed E-state index contributed by atoms with van der Waals surface area (Å²) in [5.41, 5.74) is 14.0. The molecule has 0 saturated heterocycles. The lowest BCUT2D eigenvalue weighted by Crippen LogP contribution is -2.33. The summed E-state index contributed by atoms with van der Waals surface area (Å²) in [6.07, 6.45) is 6.64. The Labute approximate surface area is 388 Å². The first-order valence-electron chi connectivity index (χ1n) is 21.2. The van der Waals surface area contributed by atoms with Crippen LogP contribution in [0.4, 0.5) is 11.9 Å². The van der Waals surface area contributed by atoms with E-state index < -0.39 is 29.5 Å². The van der Waals surface area contributed by atoms with Crippen LogP contribution in [-0.2, 0) is 34.0 Å². The first-order valence-corrected chi connectivity index (χ1v) is 21.2. The molecule has 23 nitrogen and oxygen atoms in total. The minimum absolute atomic E-state index is 0.00950. The lowest BCUT2D eigenvalue weighted by molar-refractivity contribution is -0.131. The number of aryl methyl sites for hydroxylation is 3. The first-order chi connectivity index (χ1) is 32.5. The van der Waals surface area contributed by atoms with E-state index in [1.807, 2.05) is 6.92 Å². The normalized spacial score (nSPS) is 11.4. The van der Waals surface area contributed by atoms with Gasteiger partial charge in [0.05, 0.1) is 30.4 Å². The Hall–Kier alpha value is -8.63. The molecule has 0 aliphatic rings. The number of hydrogen-bond acceptors (Lipinski definition) is 14. The van der Waals surface area contributed by atoms with Crippen LogP contribution in [0.3, 0.4) is 0 Å². The molecule has 4 aromatic heterocycles. The smallest absolute Gasteiger partial charge is 0.280 e. The fourth-order valence-corrected chi connectivity index (χ4v) is 7.11. The van der Waals surface area contributed by atoms with Crippen molar-refractivity contribution in [3.8, 4) is 11.5 Å². The summed E-state index contributed by atoms with van der Waals surface area (Å²) >= 11 is 0. The van der Waals surface area contributed by atoms with Crippen molar-refractivity contribution in [2.45, 2.75) is 53.2 Å². The zero-order valence-corrected chi connectivity index (χ0v) is 38.3. The highest BCUT2D eigenvalue weighted by molar-refractivity contribution is 6.05. The summed E-state index contributed by atoms with van der Waals surface area (Å²) in [6, 6.07) is 9.02. The fourth-order valence-electron chi connectivity index (χ4n) is 7.11. The quantitative estimate of drug-likeness (QED) is 0.0329. The van der Waals surface area contributed by atoms with Crippen LogP contribution >= 0.6 is 0 Å². The second kappa shape index (κ2) is 21.6. The number of aromatic nitrogens is 7. The molecule has 0 unspecified atom stereocenters. The molecule has 6 aromatic rings. The topological polar surface area (TPSA) is 300 Å². The molecule has 0 fully saturated rings.